The summed E-state index contributed by atoms with van der Waals surface area (Å²) in [5.41, 5.74) is 2.16. The molecule has 4 heteroatoms. The molecule has 15 heavy (non-hydrogen) atoms. The normalized spacial score (nSPS) is 10.7. The number of nitrogens with zero attached hydrogens (tertiary/aromatic N) is 4. The van der Waals surface area contributed by atoms with Crippen molar-refractivity contribution in [3.8, 4) is 11.1 Å². The summed E-state index contributed by atoms with van der Waals surface area (Å²) in [5, 5.41) is 4.05. The Hall–Kier alpha value is -2.23. The Balaban J connectivity index is 2.19. The molecule has 0 spiro atoms. The standard InChI is InChI=1S/C11H8N4/c1-2-4-9(5-3-1)10-6-12-11-13-8-14-15(11)7-10/h1-8H. The summed E-state index contributed by atoms with van der Waals surface area (Å²) in [6, 6.07) is 10.1. The molecule has 0 saturated heterocycles. The van der Waals surface area contributed by atoms with Crippen molar-refractivity contribution < 1.29 is 0 Å². The Kier molecular flexibility index (Phi) is 1.71. The summed E-state index contributed by atoms with van der Waals surface area (Å²) < 4.78 is 1.67. The summed E-state index contributed by atoms with van der Waals surface area (Å²) in [4.78, 5) is 8.20. The first kappa shape index (κ1) is 8.11. The lowest BCUT2D eigenvalue weighted by Gasteiger charge is -2.00. The monoisotopic (exact) mass is 196 g/mol. The van der Waals surface area contributed by atoms with Gasteiger partial charge in [0.1, 0.15) is 6.33 Å². The van der Waals surface area contributed by atoms with E-state index in [0.29, 0.717) is 5.78 Å². The molecular formula is C11H8N4. The van der Waals surface area contributed by atoms with Gasteiger partial charge >= 0.3 is 0 Å². The van der Waals surface area contributed by atoms with Gasteiger partial charge in [-0.05, 0) is 5.56 Å². The van der Waals surface area contributed by atoms with Gasteiger partial charge in [-0.25, -0.2) is 9.50 Å². The summed E-state index contributed by atoms with van der Waals surface area (Å²) in [5.74, 6) is 0.620. The molecule has 0 aliphatic rings. The van der Waals surface area contributed by atoms with Crippen molar-refractivity contribution in [1.82, 2.24) is 19.6 Å². The van der Waals surface area contributed by atoms with Crippen molar-refractivity contribution in [3.63, 3.8) is 0 Å². The Bertz CT molecular complexity index is 586. The zero-order chi connectivity index (χ0) is 10.1. The highest BCUT2D eigenvalue weighted by Gasteiger charge is 2.00. The highest BCUT2D eigenvalue weighted by molar-refractivity contribution is 5.61. The van der Waals surface area contributed by atoms with Crippen LogP contribution in [0.4, 0.5) is 0 Å². The molecule has 0 aliphatic carbocycles. The van der Waals surface area contributed by atoms with Crippen LogP contribution in [-0.2, 0) is 0 Å². The molecule has 2 aromatic heterocycles. The summed E-state index contributed by atoms with van der Waals surface area (Å²) in [7, 11) is 0. The smallest absolute Gasteiger partial charge is 0.219 e. The summed E-state index contributed by atoms with van der Waals surface area (Å²) in [6.45, 7) is 0. The van der Waals surface area contributed by atoms with E-state index in [4.69, 9.17) is 0 Å². The van der Waals surface area contributed by atoms with Gasteiger partial charge in [0.2, 0.25) is 0 Å². The van der Waals surface area contributed by atoms with E-state index in [9.17, 15) is 0 Å². The van der Waals surface area contributed by atoms with Crippen molar-refractivity contribution >= 4 is 5.78 Å². The molecule has 0 atom stereocenters. The molecule has 0 aliphatic heterocycles. The lowest BCUT2D eigenvalue weighted by Crippen LogP contribution is -1.91. The zero-order valence-electron chi connectivity index (χ0n) is 7.91. The van der Waals surface area contributed by atoms with Crippen LogP contribution in [0.2, 0.25) is 0 Å². The first-order valence-electron chi connectivity index (χ1n) is 4.64. The quantitative estimate of drug-likeness (QED) is 0.596. The highest BCUT2D eigenvalue weighted by atomic mass is 15.3. The number of rotatable bonds is 1. The van der Waals surface area contributed by atoms with Crippen molar-refractivity contribution in [1.29, 1.82) is 0 Å². The SMILES string of the molecule is c1ccc(-c2cnc3ncnn3c2)cc1. The van der Waals surface area contributed by atoms with Gasteiger partial charge in [0, 0.05) is 18.0 Å². The number of fused-ring (bicyclic) bond motifs is 1. The molecule has 3 aromatic rings. The van der Waals surface area contributed by atoms with Crippen molar-refractivity contribution in [3.05, 3.63) is 49.1 Å². The molecular weight excluding hydrogens is 188 g/mol. The molecule has 1 aromatic carbocycles. The third-order valence-electron chi connectivity index (χ3n) is 2.24. The average Bonchev–Trinajstić information content (AvgIpc) is 2.77. The molecule has 0 bridgehead atoms. The maximum atomic E-state index is 4.21. The van der Waals surface area contributed by atoms with Crippen LogP contribution in [0.25, 0.3) is 16.9 Å². The molecule has 0 unspecified atom stereocenters. The van der Waals surface area contributed by atoms with E-state index in [0.717, 1.165) is 11.1 Å². The molecule has 0 amide bonds. The number of hydrogen-bond donors (Lipinski definition) is 0. The largest absolute Gasteiger partial charge is 0.252 e. The number of aromatic nitrogens is 4. The fourth-order valence-corrected chi connectivity index (χ4v) is 1.50. The van der Waals surface area contributed by atoms with E-state index in [1.165, 1.54) is 6.33 Å². The third kappa shape index (κ3) is 1.36. The van der Waals surface area contributed by atoms with Crippen LogP contribution >= 0.6 is 0 Å². The second-order valence-corrected chi connectivity index (χ2v) is 3.21. The van der Waals surface area contributed by atoms with Gasteiger partial charge in [0.15, 0.2) is 0 Å². The topological polar surface area (TPSA) is 43.1 Å². The van der Waals surface area contributed by atoms with Crippen LogP contribution < -0.4 is 0 Å². The van der Waals surface area contributed by atoms with Crippen molar-refractivity contribution in [2.75, 3.05) is 0 Å². The molecule has 0 saturated carbocycles. The van der Waals surface area contributed by atoms with E-state index in [1.807, 2.05) is 36.5 Å². The molecule has 2 heterocycles. The highest BCUT2D eigenvalue weighted by Crippen LogP contribution is 2.16. The maximum Gasteiger partial charge on any atom is 0.252 e. The molecule has 72 valence electrons. The molecule has 3 rings (SSSR count). The van der Waals surface area contributed by atoms with Crippen LogP contribution in [0.5, 0.6) is 0 Å². The molecule has 0 radical (unpaired) electrons. The minimum absolute atomic E-state index is 0.620. The lowest BCUT2D eigenvalue weighted by molar-refractivity contribution is 0.941. The Morgan fingerprint density at radius 2 is 1.80 bits per heavy atom. The van der Waals surface area contributed by atoms with Gasteiger partial charge in [-0.3, -0.25) is 0 Å². The first-order valence-corrected chi connectivity index (χ1v) is 4.64. The molecule has 0 fully saturated rings. The first-order chi connectivity index (χ1) is 7.43. The fraction of sp³-hybridized carbons (Fsp3) is 0. The van der Waals surface area contributed by atoms with E-state index < -0.39 is 0 Å². The molecule has 4 nitrogen and oxygen atoms in total. The van der Waals surface area contributed by atoms with Crippen molar-refractivity contribution in [2.24, 2.45) is 0 Å². The second kappa shape index (κ2) is 3.16. The van der Waals surface area contributed by atoms with Crippen LogP contribution in [-0.4, -0.2) is 19.6 Å². The summed E-state index contributed by atoms with van der Waals surface area (Å²) >= 11 is 0. The minimum atomic E-state index is 0.620. The van der Waals surface area contributed by atoms with E-state index in [1.54, 1.807) is 10.7 Å². The van der Waals surface area contributed by atoms with E-state index in [-0.39, 0.29) is 0 Å². The lowest BCUT2D eigenvalue weighted by atomic mass is 10.1. The van der Waals surface area contributed by atoms with Crippen LogP contribution in [0, 0.1) is 0 Å². The number of benzene rings is 1. The Morgan fingerprint density at radius 1 is 0.933 bits per heavy atom. The predicted molar refractivity (Wildman–Crippen MR) is 56.2 cm³/mol. The van der Waals surface area contributed by atoms with Crippen molar-refractivity contribution in [2.45, 2.75) is 0 Å². The van der Waals surface area contributed by atoms with Gasteiger partial charge in [-0.2, -0.15) is 10.1 Å². The van der Waals surface area contributed by atoms with Gasteiger partial charge in [0.05, 0.1) is 0 Å². The Morgan fingerprint density at radius 3 is 2.67 bits per heavy atom. The maximum absolute atomic E-state index is 4.21. The van der Waals surface area contributed by atoms with Gasteiger partial charge in [-0.15, -0.1) is 0 Å². The minimum Gasteiger partial charge on any atom is -0.219 e. The van der Waals surface area contributed by atoms with E-state index in [2.05, 4.69) is 15.1 Å². The van der Waals surface area contributed by atoms with Crippen LogP contribution in [0.1, 0.15) is 0 Å². The van der Waals surface area contributed by atoms with Gasteiger partial charge < -0.3 is 0 Å². The number of hydrogen-bond acceptors (Lipinski definition) is 3. The Labute approximate surface area is 86.2 Å². The average molecular weight is 196 g/mol. The summed E-state index contributed by atoms with van der Waals surface area (Å²) in [6.07, 6.45) is 5.22. The van der Waals surface area contributed by atoms with E-state index >= 15 is 0 Å². The zero-order valence-corrected chi connectivity index (χ0v) is 7.91. The van der Waals surface area contributed by atoms with Gasteiger partial charge in [-0.1, -0.05) is 30.3 Å². The second-order valence-electron chi connectivity index (χ2n) is 3.21. The molecule has 0 N–H and O–H groups in total. The van der Waals surface area contributed by atoms with Crippen LogP contribution in [0.3, 0.4) is 0 Å². The van der Waals surface area contributed by atoms with Gasteiger partial charge in [0.25, 0.3) is 5.78 Å². The fourth-order valence-electron chi connectivity index (χ4n) is 1.50. The predicted octanol–water partition coefficient (Wildman–Crippen LogP) is 1.79. The van der Waals surface area contributed by atoms with Crippen LogP contribution in [0.15, 0.2) is 49.1 Å². The third-order valence-corrected chi connectivity index (χ3v) is 2.24.